The van der Waals surface area contributed by atoms with Crippen LogP contribution in [-0.4, -0.2) is 43.3 Å². The Bertz CT molecular complexity index is 578. The van der Waals surface area contributed by atoms with Crippen molar-refractivity contribution >= 4 is 0 Å². The van der Waals surface area contributed by atoms with Gasteiger partial charge in [-0.25, -0.2) is 0 Å². The van der Waals surface area contributed by atoms with Crippen LogP contribution in [0.2, 0.25) is 0 Å². The fourth-order valence-electron chi connectivity index (χ4n) is 4.71. The number of likely N-dealkylation sites (tertiary alicyclic amines) is 1. The van der Waals surface area contributed by atoms with Crippen molar-refractivity contribution in [2.24, 2.45) is 11.8 Å². The van der Waals surface area contributed by atoms with Gasteiger partial charge >= 0.3 is 6.18 Å². The lowest BCUT2D eigenvalue weighted by Crippen LogP contribution is -2.44. The third-order valence-corrected chi connectivity index (χ3v) is 6.14. The number of piperidine rings is 1. The van der Waals surface area contributed by atoms with Crippen LogP contribution in [0.15, 0.2) is 24.3 Å². The van der Waals surface area contributed by atoms with Gasteiger partial charge in [0, 0.05) is 12.6 Å². The normalized spacial score (nSPS) is 30.2. The molecule has 0 amide bonds. The molecule has 1 aromatic rings. The molecular formula is C19H25F3N2. The fraction of sp³-hybridized carbons (Fsp3) is 0.684. The highest BCUT2D eigenvalue weighted by Gasteiger charge is 2.54. The Balaban J connectivity index is 1.18. The van der Waals surface area contributed by atoms with E-state index in [4.69, 9.17) is 0 Å². The predicted molar refractivity (Wildman–Crippen MR) is 88.0 cm³/mol. The molecule has 2 aliphatic carbocycles. The van der Waals surface area contributed by atoms with E-state index in [9.17, 15) is 13.2 Å². The number of benzene rings is 1. The molecule has 0 aromatic heterocycles. The van der Waals surface area contributed by atoms with Crippen molar-refractivity contribution in [2.45, 2.75) is 43.8 Å². The monoisotopic (exact) mass is 338 g/mol. The van der Waals surface area contributed by atoms with E-state index in [1.807, 2.05) is 4.90 Å². The standard InChI is InChI=1S/C19H25F3N2/c20-19(21,22)7-10-24-8-5-14(6-9-24)23-12-17-16-11-13-3-1-2-4-15(13)18(16)17/h1-4,14,16-18,23H,5-12H2/t16-,17-,18-/m1/s1. The number of nitrogens with one attached hydrogen (secondary N) is 1. The summed E-state index contributed by atoms with van der Waals surface area (Å²) in [4.78, 5) is 1.95. The summed E-state index contributed by atoms with van der Waals surface area (Å²) in [5.41, 5.74) is 3.08. The average molecular weight is 338 g/mol. The molecule has 5 heteroatoms. The van der Waals surface area contributed by atoms with Gasteiger partial charge in [0.25, 0.3) is 0 Å². The van der Waals surface area contributed by atoms with Crippen LogP contribution in [0.25, 0.3) is 0 Å². The summed E-state index contributed by atoms with van der Waals surface area (Å²) in [6.07, 6.45) is -1.55. The van der Waals surface area contributed by atoms with E-state index in [-0.39, 0.29) is 6.54 Å². The molecule has 3 aliphatic rings. The first-order valence-electron chi connectivity index (χ1n) is 9.11. The minimum atomic E-state index is -4.03. The second-order valence-corrected chi connectivity index (χ2v) is 7.65. The van der Waals surface area contributed by atoms with Crippen LogP contribution < -0.4 is 5.32 Å². The Morgan fingerprint density at radius 1 is 1.12 bits per heavy atom. The summed E-state index contributed by atoms with van der Waals surface area (Å²) in [6.45, 7) is 2.79. The van der Waals surface area contributed by atoms with Gasteiger partial charge < -0.3 is 10.2 Å². The first kappa shape index (κ1) is 16.4. The molecule has 0 bridgehead atoms. The summed E-state index contributed by atoms with van der Waals surface area (Å²) < 4.78 is 36.8. The van der Waals surface area contributed by atoms with E-state index >= 15 is 0 Å². The van der Waals surface area contributed by atoms with Crippen molar-refractivity contribution in [1.82, 2.24) is 10.2 Å². The third-order valence-electron chi connectivity index (χ3n) is 6.14. The minimum absolute atomic E-state index is 0.153. The fourth-order valence-corrected chi connectivity index (χ4v) is 4.71. The molecule has 1 aromatic carbocycles. The molecule has 24 heavy (non-hydrogen) atoms. The quantitative estimate of drug-likeness (QED) is 0.883. The summed E-state index contributed by atoms with van der Waals surface area (Å²) in [5, 5.41) is 3.69. The van der Waals surface area contributed by atoms with Crippen molar-refractivity contribution < 1.29 is 13.2 Å². The second-order valence-electron chi connectivity index (χ2n) is 7.65. The zero-order valence-corrected chi connectivity index (χ0v) is 13.9. The molecule has 1 N–H and O–H groups in total. The molecule has 0 radical (unpaired) electrons. The minimum Gasteiger partial charge on any atom is -0.314 e. The maximum absolute atomic E-state index is 12.3. The Kier molecular flexibility index (Phi) is 4.33. The summed E-state index contributed by atoms with van der Waals surface area (Å²) in [7, 11) is 0. The number of rotatable bonds is 5. The van der Waals surface area contributed by atoms with E-state index in [0.717, 1.165) is 50.2 Å². The van der Waals surface area contributed by atoms with Crippen LogP contribution >= 0.6 is 0 Å². The van der Waals surface area contributed by atoms with Gasteiger partial charge in [0.1, 0.15) is 0 Å². The van der Waals surface area contributed by atoms with E-state index in [1.54, 1.807) is 5.56 Å². The molecular weight excluding hydrogens is 313 g/mol. The lowest BCUT2D eigenvalue weighted by molar-refractivity contribution is -0.138. The van der Waals surface area contributed by atoms with E-state index in [1.165, 1.54) is 12.0 Å². The molecule has 0 spiro atoms. The molecule has 1 aliphatic heterocycles. The van der Waals surface area contributed by atoms with E-state index in [0.29, 0.717) is 6.04 Å². The lowest BCUT2D eigenvalue weighted by atomic mass is 10.0. The zero-order valence-electron chi connectivity index (χ0n) is 13.9. The highest BCUT2D eigenvalue weighted by Crippen LogP contribution is 2.60. The van der Waals surface area contributed by atoms with Gasteiger partial charge in [-0.05, 0) is 67.8 Å². The van der Waals surface area contributed by atoms with Crippen LogP contribution in [0.3, 0.4) is 0 Å². The van der Waals surface area contributed by atoms with Crippen LogP contribution in [0.4, 0.5) is 13.2 Å². The van der Waals surface area contributed by atoms with E-state index in [2.05, 4.69) is 29.6 Å². The summed E-state index contributed by atoms with van der Waals surface area (Å²) >= 11 is 0. The molecule has 1 heterocycles. The van der Waals surface area contributed by atoms with Gasteiger partial charge in [0.15, 0.2) is 0 Å². The molecule has 1 saturated heterocycles. The van der Waals surface area contributed by atoms with Crippen LogP contribution in [0.5, 0.6) is 0 Å². The smallest absolute Gasteiger partial charge is 0.314 e. The van der Waals surface area contributed by atoms with Crippen LogP contribution in [-0.2, 0) is 6.42 Å². The van der Waals surface area contributed by atoms with Gasteiger partial charge in [-0.1, -0.05) is 24.3 Å². The van der Waals surface area contributed by atoms with Gasteiger partial charge in [-0.2, -0.15) is 13.2 Å². The summed E-state index contributed by atoms with van der Waals surface area (Å²) in [5.74, 6) is 2.34. The van der Waals surface area contributed by atoms with Gasteiger partial charge in [-0.15, -0.1) is 0 Å². The topological polar surface area (TPSA) is 15.3 Å². The Labute approximate surface area is 141 Å². The first-order chi connectivity index (χ1) is 11.5. The van der Waals surface area contributed by atoms with Crippen molar-refractivity contribution in [3.63, 3.8) is 0 Å². The maximum atomic E-state index is 12.3. The molecule has 3 atom stereocenters. The van der Waals surface area contributed by atoms with E-state index < -0.39 is 12.6 Å². The second kappa shape index (κ2) is 6.34. The van der Waals surface area contributed by atoms with Gasteiger partial charge in [0.2, 0.25) is 0 Å². The zero-order chi connectivity index (χ0) is 16.7. The predicted octanol–water partition coefficient (Wildman–Crippen LogP) is 3.58. The number of hydrogen-bond acceptors (Lipinski definition) is 2. The largest absolute Gasteiger partial charge is 0.390 e. The third kappa shape index (κ3) is 3.47. The highest BCUT2D eigenvalue weighted by atomic mass is 19.4. The number of nitrogens with zero attached hydrogens (tertiary/aromatic N) is 1. The van der Waals surface area contributed by atoms with Crippen molar-refractivity contribution in [1.29, 1.82) is 0 Å². The molecule has 2 nitrogen and oxygen atoms in total. The van der Waals surface area contributed by atoms with Gasteiger partial charge in [-0.3, -0.25) is 0 Å². The Hall–Kier alpha value is -1.07. The molecule has 0 unspecified atom stereocenters. The number of alkyl halides is 3. The Morgan fingerprint density at radius 2 is 1.88 bits per heavy atom. The molecule has 4 rings (SSSR count). The van der Waals surface area contributed by atoms with Crippen LogP contribution in [0.1, 0.15) is 36.3 Å². The number of hydrogen-bond donors (Lipinski definition) is 1. The SMILES string of the molecule is FC(F)(F)CCN1CCC(NC[C@@H]2[C@H]3Cc4ccccc4[C@@H]23)CC1. The maximum Gasteiger partial charge on any atom is 0.390 e. The lowest BCUT2D eigenvalue weighted by Gasteiger charge is -2.32. The van der Waals surface area contributed by atoms with Crippen LogP contribution in [0, 0.1) is 11.8 Å². The highest BCUT2D eigenvalue weighted by molar-refractivity contribution is 5.43. The van der Waals surface area contributed by atoms with Crippen molar-refractivity contribution in [2.75, 3.05) is 26.2 Å². The molecule has 132 valence electrons. The molecule has 1 saturated carbocycles. The first-order valence-corrected chi connectivity index (χ1v) is 9.11. The summed E-state index contributed by atoms with van der Waals surface area (Å²) in [6, 6.07) is 9.27. The van der Waals surface area contributed by atoms with Crippen molar-refractivity contribution in [3.05, 3.63) is 35.4 Å². The Morgan fingerprint density at radius 3 is 2.62 bits per heavy atom. The van der Waals surface area contributed by atoms with Gasteiger partial charge in [0.05, 0.1) is 6.42 Å². The van der Waals surface area contributed by atoms with Crippen molar-refractivity contribution in [3.8, 4) is 0 Å². The number of fused-ring (bicyclic) bond motifs is 3. The molecule has 2 fully saturated rings. The number of halogens is 3. The average Bonchev–Trinajstić information content (AvgIpc) is 3.09.